The number of hydrogen-bond acceptors (Lipinski definition) is 11. The summed E-state index contributed by atoms with van der Waals surface area (Å²) in [4.78, 5) is 0. The Morgan fingerprint density at radius 1 is 0.818 bits per heavy atom. The van der Waals surface area contributed by atoms with Crippen LogP contribution >= 0.6 is 0 Å². The standard InChI is InChI=1S/C22H40O11/c1-11(2)5-4-6-12(3)7-8-30-22-20(18(28)16(26)14(10-24)32-22)33-21-19(29)17(27)15(25)13(9-23)31-21/h5,12-29H,4,6-10H2,1-3H3. The van der Waals surface area contributed by atoms with E-state index in [2.05, 4.69) is 13.0 Å². The number of ether oxygens (including phenoxy) is 4. The van der Waals surface area contributed by atoms with Crippen molar-refractivity contribution in [2.45, 2.75) is 101 Å². The Bertz CT molecular complexity index is 597. The monoisotopic (exact) mass is 480 g/mol. The molecule has 7 N–H and O–H groups in total. The maximum atomic E-state index is 10.6. The second-order valence-corrected chi connectivity index (χ2v) is 9.13. The lowest BCUT2D eigenvalue weighted by Gasteiger charge is -2.46. The Labute approximate surface area is 194 Å². The molecule has 0 radical (unpaired) electrons. The summed E-state index contributed by atoms with van der Waals surface area (Å²) in [5.41, 5.74) is 1.25. The smallest absolute Gasteiger partial charge is 0.187 e. The Morgan fingerprint density at radius 3 is 1.97 bits per heavy atom. The number of aliphatic hydroxyl groups excluding tert-OH is 7. The third kappa shape index (κ3) is 7.64. The fraction of sp³-hybridized carbons (Fsp3) is 0.909. The molecule has 0 aromatic rings. The van der Waals surface area contributed by atoms with Crippen LogP contribution in [-0.2, 0) is 18.9 Å². The van der Waals surface area contributed by atoms with E-state index >= 15 is 0 Å². The second-order valence-electron chi connectivity index (χ2n) is 9.13. The summed E-state index contributed by atoms with van der Waals surface area (Å²) in [6.07, 6.45) is -9.66. The van der Waals surface area contributed by atoms with Crippen molar-refractivity contribution in [2.75, 3.05) is 19.8 Å². The van der Waals surface area contributed by atoms with Crippen molar-refractivity contribution in [3.63, 3.8) is 0 Å². The molecule has 2 saturated heterocycles. The first kappa shape index (κ1) is 28.5. The minimum absolute atomic E-state index is 0.246. The van der Waals surface area contributed by atoms with Gasteiger partial charge in [0.25, 0.3) is 0 Å². The van der Waals surface area contributed by atoms with Crippen LogP contribution in [0.4, 0.5) is 0 Å². The van der Waals surface area contributed by atoms with Crippen molar-refractivity contribution in [3.8, 4) is 0 Å². The van der Waals surface area contributed by atoms with Gasteiger partial charge < -0.3 is 54.7 Å². The van der Waals surface area contributed by atoms with Crippen LogP contribution in [0.25, 0.3) is 0 Å². The second kappa shape index (κ2) is 13.4. The molecule has 0 aliphatic carbocycles. The molecule has 11 nitrogen and oxygen atoms in total. The van der Waals surface area contributed by atoms with Crippen molar-refractivity contribution in [3.05, 3.63) is 11.6 Å². The Balaban J connectivity index is 2.03. The molecule has 2 aliphatic rings. The molecule has 0 saturated carbocycles. The average Bonchev–Trinajstić information content (AvgIpc) is 2.77. The third-order valence-electron chi connectivity index (χ3n) is 6.07. The predicted molar refractivity (Wildman–Crippen MR) is 115 cm³/mol. The number of allylic oxidation sites excluding steroid dienone is 2. The predicted octanol–water partition coefficient (Wildman–Crippen LogP) is -1.60. The molecular weight excluding hydrogens is 440 g/mol. The van der Waals surface area contributed by atoms with E-state index in [9.17, 15) is 35.7 Å². The van der Waals surface area contributed by atoms with E-state index in [0.717, 1.165) is 12.8 Å². The highest BCUT2D eigenvalue weighted by Gasteiger charge is 2.50. The van der Waals surface area contributed by atoms with Crippen LogP contribution in [-0.4, -0.2) is 117 Å². The molecule has 2 heterocycles. The SMILES string of the molecule is CC(C)=CCCC(C)CCOC1OC(CO)C(O)C(O)C1OC1OC(CO)C(O)C(O)C1O. The van der Waals surface area contributed by atoms with Crippen LogP contribution in [0.1, 0.15) is 40.0 Å². The van der Waals surface area contributed by atoms with E-state index in [1.807, 2.05) is 13.8 Å². The molecule has 0 aromatic heterocycles. The highest BCUT2D eigenvalue weighted by Crippen LogP contribution is 2.30. The van der Waals surface area contributed by atoms with Gasteiger partial charge in [0.1, 0.15) is 48.8 Å². The van der Waals surface area contributed by atoms with Crippen LogP contribution in [0.3, 0.4) is 0 Å². The molecule has 194 valence electrons. The third-order valence-corrected chi connectivity index (χ3v) is 6.07. The van der Waals surface area contributed by atoms with Crippen molar-refractivity contribution in [2.24, 2.45) is 5.92 Å². The van der Waals surface area contributed by atoms with Gasteiger partial charge in [-0.2, -0.15) is 0 Å². The molecule has 0 spiro atoms. The van der Waals surface area contributed by atoms with Gasteiger partial charge in [0, 0.05) is 0 Å². The zero-order valence-electron chi connectivity index (χ0n) is 19.4. The van der Waals surface area contributed by atoms with Crippen LogP contribution in [0.15, 0.2) is 11.6 Å². The van der Waals surface area contributed by atoms with E-state index in [4.69, 9.17) is 18.9 Å². The van der Waals surface area contributed by atoms with E-state index in [-0.39, 0.29) is 6.61 Å². The summed E-state index contributed by atoms with van der Waals surface area (Å²) in [5.74, 6) is 0.346. The summed E-state index contributed by atoms with van der Waals surface area (Å²) in [5, 5.41) is 69.9. The van der Waals surface area contributed by atoms with Gasteiger partial charge in [0.2, 0.25) is 0 Å². The maximum Gasteiger partial charge on any atom is 0.187 e. The lowest BCUT2D eigenvalue weighted by atomic mass is 9.97. The van der Waals surface area contributed by atoms with Crippen LogP contribution < -0.4 is 0 Å². The van der Waals surface area contributed by atoms with E-state index in [0.29, 0.717) is 12.3 Å². The largest absolute Gasteiger partial charge is 0.394 e. The van der Waals surface area contributed by atoms with E-state index < -0.39 is 74.6 Å². The number of hydrogen-bond donors (Lipinski definition) is 7. The molecule has 33 heavy (non-hydrogen) atoms. The highest BCUT2D eigenvalue weighted by molar-refractivity contribution is 4.94. The molecule has 0 bridgehead atoms. The summed E-state index contributed by atoms with van der Waals surface area (Å²) in [6.45, 7) is 5.21. The first-order valence-electron chi connectivity index (χ1n) is 11.4. The Kier molecular flexibility index (Phi) is 11.6. The van der Waals surface area contributed by atoms with Gasteiger partial charge in [-0.25, -0.2) is 0 Å². The number of rotatable bonds is 11. The lowest BCUT2D eigenvalue weighted by molar-refractivity contribution is -0.367. The molecule has 11 atom stereocenters. The molecule has 11 unspecified atom stereocenters. The zero-order valence-corrected chi connectivity index (χ0v) is 19.4. The van der Waals surface area contributed by atoms with E-state index in [1.54, 1.807) is 0 Å². The summed E-state index contributed by atoms with van der Waals surface area (Å²) in [7, 11) is 0. The molecule has 2 aliphatic heterocycles. The van der Waals surface area contributed by atoms with Crippen LogP contribution in [0, 0.1) is 5.92 Å². The topological polar surface area (TPSA) is 179 Å². The maximum absolute atomic E-state index is 10.6. The lowest BCUT2D eigenvalue weighted by Crippen LogP contribution is -2.64. The quantitative estimate of drug-likeness (QED) is 0.169. The molecular formula is C22H40O11. The van der Waals surface area contributed by atoms with Gasteiger partial charge in [-0.3, -0.25) is 0 Å². The summed E-state index contributed by atoms with van der Waals surface area (Å²) < 4.78 is 22.3. The minimum Gasteiger partial charge on any atom is -0.394 e. The molecule has 0 amide bonds. The molecule has 11 heteroatoms. The fourth-order valence-electron chi connectivity index (χ4n) is 3.86. The highest BCUT2D eigenvalue weighted by atomic mass is 16.8. The van der Waals surface area contributed by atoms with Gasteiger partial charge in [0.05, 0.1) is 19.8 Å². The van der Waals surface area contributed by atoms with Crippen molar-refractivity contribution in [1.82, 2.24) is 0 Å². The molecule has 2 rings (SSSR count). The zero-order chi connectivity index (χ0) is 24.7. The van der Waals surface area contributed by atoms with Gasteiger partial charge in [-0.05, 0) is 39.0 Å². The minimum atomic E-state index is -1.70. The van der Waals surface area contributed by atoms with Gasteiger partial charge in [-0.1, -0.05) is 18.6 Å². The first-order valence-corrected chi connectivity index (χ1v) is 11.4. The Morgan fingerprint density at radius 2 is 1.39 bits per heavy atom. The van der Waals surface area contributed by atoms with Gasteiger partial charge in [-0.15, -0.1) is 0 Å². The van der Waals surface area contributed by atoms with Crippen LogP contribution in [0.2, 0.25) is 0 Å². The first-order chi connectivity index (χ1) is 15.6. The fourth-order valence-corrected chi connectivity index (χ4v) is 3.86. The van der Waals surface area contributed by atoms with E-state index in [1.165, 1.54) is 5.57 Å². The van der Waals surface area contributed by atoms with Gasteiger partial charge >= 0.3 is 0 Å². The Hall–Kier alpha value is -0.700. The summed E-state index contributed by atoms with van der Waals surface area (Å²) in [6, 6.07) is 0. The van der Waals surface area contributed by atoms with Crippen molar-refractivity contribution < 1.29 is 54.7 Å². The number of aliphatic hydroxyl groups is 7. The normalized spacial score (nSPS) is 40.4. The molecule has 0 aromatic carbocycles. The average molecular weight is 481 g/mol. The van der Waals surface area contributed by atoms with Crippen LogP contribution in [0.5, 0.6) is 0 Å². The van der Waals surface area contributed by atoms with Crippen molar-refractivity contribution in [1.29, 1.82) is 0 Å². The van der Waals surface area contributed by atoms with Crippen molar-refractivity contribution >= 4 is 0 Å². The molecule has 2 fully saturated rings. The van der Waals surface area contributed by atoms with Gasteiger partial charge in [0.15, 0.2) is 12.6 Å². The summed E-state index contributed by atoms with van der Waals surface area (Å²) >= 11 is 0.